The fourth-order valence-electron chi connectivity index (χ4n) is 1.81. The van der Waals surface area contributed by atoms with Crippen LogP contribution in [0.15, 0.2) is 24.4 Å². The van der Waals surface area contributed by atoms with E-state index in [1.165, 1.54) is 25.0 Å². The van der Waals surface area contributed by atoms with Gasteiger partial charge in [-0.05, 0) is 12.5 Å². The molecule has 0 unspecified atom stereocenters. The smallest absolute Gasteiger partial charge is 0.271 e. The number of aryl methyl sites for hydroxylation is 1. The summed E-state index contributed by atoms with van der Waals surface area (Å²) in [5.41, 5.74) is 0.784. The van der Waals surface area contributed by atoms with Crippen LogP contribution in [0.1, 0.15) is 26.2 Å². The van der Waals surface area contributed by atoms with Crippen LogP contribution in [-0.2, 0) is 6.54 Å². The summed E-state index contributed by atoms with van der Waals surface area (Å²) >= 11 is 0. The lowest BCUT2D eigenvalue weighted by Crippen LogP contribution is -1.97. The molecule has 0 fully saturated rings. The lowest BCUT2D eigenvalue weighted by Gasteiger charge is -1.98. The van der Waals surface area contributed by atoms with Crippen molar-refractivity contribution in [3.05, 3.63) is 34.5 Å². The molecule has 17 heavy (non-hydrogen) atoms. The Bertz CT molecular complexity index is 534. The number of nitrogens with zero attached hydrogens (tertiary/aromatic N) is 3. The minimum Gasteiger partial charge on any atom is -0.272 e. The van der Waals surface area contributed by atoms with E-state index in [2.05, 4.69) is 12.0 Å². The van der Waals surface area contributed by atoms with Crippen molar-refractivity contribution in [3.8, 4) is 0 Å². The third-order valence-corrected chi connectivity index (χ3v) is 2.74. The summed E-state index contributed by atoms with van der Waals surface area (Å²) in [6.07, 6.45) is 5.38. The highest BCUT2D eigenvalue weighted by molar-refractivity contribution is 5.80. The zero-order chi connectivity index (χ0) is 12.3. The van der Waals surface area contributed by atoms with Gasteiger partial charge in [-0.2, -0.15) is 5.10 Å². The third-order valence-electron chi connectivity index (χ3n) is 2.74. The summed E-state index contributed by atoms with van der Waals surface area (Å²) in [7, 11) is 0. The SMILES string of the molecule is CCCCCn1cc2ccc([N+](=O)[O-])cc2n1. The van der Waals surface area contributed by atoms with Crippen molar-refractivity contribution >= 4 is 16.6 Å². The van der Waals surface area contributed by atoms with Gasteiger partial charge in [0.05, 0.1) is 10.4 Å². The van der Waals surface area contributed by atoms with Crippen molar-refractivity contribution in [2.45, 2.75) is 32.7 Å². The van der Waals surface area contributed by atoms with Crippen LogP contribution in [0.25, 0.3) is 10.9 Å². The van der Waals surface area contributed by atoms with Crippen molar-refractivity contribution < 1.29 is 4.92 Å². The first-order valence-electron chi connectivity index (χ1n) is 5.82. The minimum absolute atomic E-state index is 0.0938. The summed E-state index contributed by atoms with van der Waals surface area (Å²) in [5.74, 6) is 0. The number of rotatable bonds is 5. The molecular formula is C12H15N3O2. The van der Waals surface area contributed by atoms with Gasteiger partial charge in [-0.15, -0.1) is 0 Å². The van der Waals surface area contributed by atoms with E-state index >= 15 is 0 Å². The molecular weight excluding hydrogens is 218 g/mol. The maximum atomic E-state index is 10.6. The number of nitro groups is 1. The van der Waals surface area contributed by atoms with E-state index in [-0.39, 0.29) is 5.69 Å². The van der Waals surface area contributed by atoms with E-state index in [1.807, 2.05) is 10.9 Å². The van der Waals surface area contributed by atoms with Gasteiger partial charge < -0.3 is 0 Å². The van der Waals surface area contributed by atoms with Crippen molar-refractivity contribution in [1.82, 2.24) is 9.78 Å². The molecule has 0 radical (unpaired) electrons. The summed E-state index contributed by atoms with van der Waals surface area (Å²) in [6, 6.07) is 4.78. The molecule has 5 nitrogen and oxygen atoms in total. The molecule has 1 heterocycles. The van der Waals surface area contributed by atoms with Crippen LogP contribution in [0.3, 0.4) is 0 Å². The summed E-state index contributed by atoms with van der Waals surface area (Å²) < 4.78 is 1.87. The molecule has 0 N–H and O–H groups in total. The largest absolute Gasteiger partial charge is 0.272 e. The molecule has 0 saturated carbocycles. The highest BCUT2D eigenvalue weighted by Crippen LogP contribution is 2.19. The molecule has 1 aromatic heterocycles. The van der Waals surface area contributed by atoms with Gasteiger partial charge in [-0.3, -0.25) is 14.8 Å². The molecule has 2 aromatic rings. The van der Waals surface area contributed by atoms with Gasteiger partial charge in [0.15, 0.2) is 0 Å². The van der Waals surface area contributed by atoms with Gasteiger partial charge in [0.25, 0.3) is 5.69 Å². The van der Waals surface area contributed by atoms with Crippen LogP contribution >= 0.6 is 0 Å². The molecule has 0 spiro atoms. The van der Waals surface area contributed by atoms with Crippen molar-refractivity contribution in [2.75, 3.05) is 0 Å². The van der Waals surface area contributed by atoms with Gasteiger partial charge in [0, 0.05) is 30.3 Å². The molecule has 0 atom stereocenters. The molecule has 1 aromatic carbocycles. The fourth-order valence-corrected chi connectivity index (χ4v) is 1.81. The predicted molar refractivity (Wildman–Crippen MR) is 65.9 cm³/mol. The molecule has 0 amide bonds. The van der Waals surface area contributed by atoms with E-state index in [0.717, 1.165) is 18.4 Å². The summed E-state index contributed by atoms with van der Waals surface area (Å²) in [4.78, 5) is 10.2. The minimum atomic E-state index is -0.393. The Morgan fingerprint density at radius 2 is 2.24 bits per heavy atom. The molecule has 0 aliphatic heterocycles. The molecule has 5 heteroatoms. The highest BCUT2D eigenvalue weighted by Gasteiger charge is 2.08. The molecule has 0 saturated heterocycles. The molecule has 0 bridgehead atoms. The third kappa shape index (κ3) is 2.61. The van der Waals surface area contributed by atoms with Crippen LogP contribution in [-0.4, -0.2) is 14.7 Å². The lowest BCUT2D eigenvalue weighted by atomic mass is 10.2. The van der Waals surface area contributed by atoms with Crippen molar-refractivity contribution in [3.63, 3.8) is 0 Å². The quantitative estimate of drug-likeness (QED) is 0.453. The second kappa shape index (κ2) is 4.95. The Balaban J connectivity index is 2.21. The average Bonchev–Trinajstić information content (AvgIpc) is 2.70. The number of non-ortho nitro benzene ring substituents is 1. The van der Waals surface area contributed by atoms with Gasteiger partial charge in [0.2, 0.25) is 0 Å². The summed E-state index contributed by atoms with van der Waals surface area (Å²) in [5, 5.41) is 15.9. The number of benzene rings is 1. The van der Waals surface area contributed by atoms with E-state index < -0.39 is 4.92 Å². The van der Waals surface area contributed by atoms with Crippen molar-refractivity contribution in [2.24, 2.45) is 0 Å². The van der Waals surface area contributed by atoms with Gasteiger partial charge in [-0.1, -0.05) is 19.8 Å². The monoisotopic (exact) mass is 233 g/mol. The van der Waals surface area contributed by atoms with E-state index in [1.54, 1.807) is 6.07 Å². The number of hydrogen-bond acceptors (Lipinski definition) is 3. The normalized spacial score (nSPS) is 10.9. The summed E-state index contributed by atoms with van der Waals surface area (Å²) in [6.45, 7) is 3.03. The Morgan fingerprint density at radius 3 is 2.94 bits per heavy atom. The number of fused-ring (bicyclic) bond motifs is 1. The van der Waals surface area contributed by atoms with E-state index in [9.17, 15) is 10.1 Å². The Labute approximate surface area is 99.2 Å². The van der Waals surface area contributed by atoms with Crippen LogP contribution in [0.4, 0.5) is 5.69 Å². The second-order valence-electron chi connectivity index (χ2n) is 4.10. The fraction of sp³-hybridized carbons (Fsp3) is 0.417. The van der Waals surface area contributed by atoms with E-state index in [0.29, 0.717) is 5.52 Å². The molecule has 0 aliphatic carbocycles. The van der Waals surface area contributed by atoms with Crippen LogP contribution in [0.5, 0.6) is 0 Å². The van der Waals surface area contributed by atoms with Gasteiger partial charge in [-0.25, -0.2) is 0 Å². The second-order valence-corrected chi connectivity index (χ2v) is 4.10. The highest BCUT2D eigenvalue weighted by atomic mass is 16.6. The molecule has 2 rings (SSSR count). The van der Waals surface area contributed by atoms with Crippen LogP contribution in [0.2, 0.25) is 0 Å². The number of nitro benzene ring substituents is 1. The lowest BCUT2D eigenvalue weighted by molar-refractivity contribution is -0.384. The standard InChI is InChI=1S/C12H15N3O2/c1-2-3-4-7-14-9-10-5-6-11(15(16)17)8-12(10)13-14/h5-6,8-9H,2-4,7H2,1H3. The Hall–Kier alpha value is -1.91. The zero-order valence-corrected chi connectivity index (χ0v) is 9.80. The number of aromatic nitrogens is 2. The first-order valence-corrected chi connectivity index (χ1v) is 5.82. The zero-order valence-electron chi connectivity index (χ0n) is 9.80. The predicted octanol–water partition coefficient (Wildman–Crippen LogP) is 3.13. The van der Waals surface area contributed by atoms with Gasteiger partial charge >= 0.3 is 0 Å². The van der Waals surface area contributed by atoms with Gasteiger partial charge in [0.1, 0.15) is 0 Å². The molecule has 90 valence electrons. The van der Waals surface area contributed by atoms with Crippen LogP contribution < -0.4 is 0 Å². The maximum absolute atomic E-state index is 10.6. The van der Waals surface area contributed by atoms with E-state index in [4.69, 9.17) is 0 Å². The topological polar surface area (TPSA) is 61.0 Å². The van der Waals surface area contributed by atoms with Crippen LogP contribution in [0, 0.1) is 10.1 Å². The first kappa shape index (κ1) is 11.6. The first-order chi connectivity index (χ1) is 8.20. The maximum Gasteiger partial charge on any atom is 0.271 e. The molecule has 0 aliphatic rings. The van der Waals surface area contributed by atoms with Crippen molar-refractivity contribution in [1.29, 1.82) is 0 Å². The number of hydrogen-bond donors (Lipinski definition) is 0. The number of unbranched alkanes of at least 4 members (excludes halogenated alkanes) is 2. The Kier molecular flexibility index (Phi) is 3.37. The Morgan fingerprint density at radius 1 is 1.41 bits per heavy atom. The average molecular weight is 233 g/mol.